The minimum absolute atomic E-state index is 0.000602. The summed E-state index contributed by atoms with van der Waals surface area (Å²) in [5.41, 5.74) is 0.457. The Balaban J connectivity index is 1.88. The molecule has 0 saturated carbocycles. The first-order valence-electron chi connectivity index (χ1n) is 7.21. The molecule has 21 heavy (non-hydrogen) atoms. The van der Waals surface area contributed by atoms with Crippen LogP contribution in [-0.4, -0.2) is 28.1 Å². The van der Waals surface area contributed by atoms with Gasteiger partial charge in [-0.05, 0) is 44.7 Å². The highest BCUT2D eigenvalue weighted by molar-refractivity contribution is 5.85. The van der Waals surface area contributed by atoms with E-state index in [0.717, 1.165) is 22.9 Å². The quantitative estimate of drug-likeness (QED) is 0.801. The topological polar surface area (TPSA) is 42.4 Å². The Kier molecular flexibility index (Phi) is 3.32. The number of benzene rings is 1. The number of amides is 1. The highest BCUT2D eigenvalue weighted by Gasteiger charge is 2.37. The summed E-state index contributed by atoms with van der Waals surface area (Å²) in [5, 5.41) is 2.08. The monoisotopic (exact) mass is 283 g/mol. The van der Waals surface area contributed by atoms with Crippen molar-refractivity contribution >= 4 is 16.9 Å². The highest BCUT2D eigenvalue weighted by atomic mass is 16.6. The molecule has 2 heterocycles. The minimum atomic E-state index is -0.475. The van der Waals surface area contributed by atoms with Crippen LogP contribution in [0.1, 0.15) is 38.9 Å². The molecule has 1 amide bonds. The summed E-state index contributed by atoms with van der Waals surface area (Å²) in [6.07, 6.45) is 2.43. The Morgan fingerprint density at radius 2 is 2.24 bits per heavy atom. The highest BCUT2D eigenvalue weighted by Crippen LogP contribution is 2.36. The average molecular weight is 283 g/mol. The van der Waals surface area contributed by atoms with Gasteiger partial charge in [-0.1, -0.05) is 18.2 Å². The van der Waals surface area contributed by atoms with Crippen LogP contribution < -0.4 is 0 Å². The first-order valence-corrected chi connectivity index (χ1v) is 7.21. The number of aromatic nitrogens is 1. The predicted octanol–water partition coefficient (Wildman–Crippen LogP) is 3.72. The van der Waals surface area contributed by atoms with Crippen molar-refractivity contribution in [3.8, 4) is 0 Å². The summed E-state index contributed by atoms with van der Waals surface area (Å²) >= 11 is 0. The fourth-order valence-corrected chi connectivity index (χ4v) is 2.55. The summed E-state index contributed by atoms with van der Waals surface area (Å²) < 4.78 is 5.46. The number of hydrogen-bond acceptors (Lipinski definition) is 3. The van der Waals surface area contributed by atoms with Crippen molar-refractivity contribution < 1.29 is 9.53 Å². The van der Waals surface area contributed by atoms with Gasteiger partial charge in [-0.3, -0.25) is 9.88 Å². The van der Waals surface area contributed by atoms with E-state index in [4.69, 9.17) is 4.74 Å². The largest absolute Gasteiger partial charge is 0.444 e. The van der Waals surface area contributed by atoms with Crippen molar-refractivity contribution in [3.05, 3.63) is 42.2 Å². The number of ether oxygens (including phenoxy) is 1. The Bertz CT molecular complexity index is 671. The Morgan fingerprint density at radius 3 is 2.90 bits per heavy atom. The molecule has 4 heteroatoms. The SMILES string of the molecule is CC(C)(C)OC(=O)N1CCC1c1nccc2[c]cccc12. The maximum Gasteiger partial charge on any atom is 0.410 e. The molecular weight excluding hydrogens is 264 g/mol. The van der Waals surface area contributed by atoms with Crippen LogP contribution in [0.4, 0.5) is 4.79 Å². The van der Waals surface area contributed by atoms with E-state index in [1.54, 1.807) is 11.1 Å². The second kappa shape index (κ2) is 5.02. The van der Waals surface area contributed by atoms with Crippen molar-refractivity contribution in [2.45, 2.75) is 38.8 Å². The lowest BCUT2D eigenvalue weighted by atomic mass is 9.95. The zero-order chi connectivity index (χ0) is 15.0. The molecule has 0 N–H and O–H groups in total. The first kappa shape index (κ1) is 13.9. The van der Waals surface area contributed by atoms with E-state index in [9.17, 15) is 4.79 Å². The summed E-state index contributed by atoms with van der Waals surface area (Å²) in [6.45, 7) is 6.36. The van der Waals surface area contributed by atoms with Crippen LogP contribution in [-0.2, 0) is 4.74 Å². The molecule has 1 aliphatic heterocycles. The van der Waals surface area contributed by atoms with E-state index in [1.807, 2.05) is 45.0 Å². The smallest absolute Gasteiger partial charge is 0.410 e. The lowest BCUT2D eigenvalue weighted by Crippen LogP contribution is -2.47. The Hall–Kier alpha value is -2.10. The van der Waals surface area contributed by atoms with Gasteiger partial charge in [0, 0.05) is 18.1 Å². The third kappa shape index (κ3) is 2.71. The van der Waals surface area contributed by atoms with Crippen molar-refractivity contribution in [1.82, 2.24) is 9.88 Å². The normalized spacial score (nSPS) is 18.4. The van der Waals surface area contributed by atoms with Crippen LogP contribution >= 0.6 is 0 Å². The second-order valence-corrected chi connectivity index (χ2v) is 6.31. The molecule has 0 spiro atoms. The predicted molar refractivity (Wildman–Crippen MR) is 80.9 cm³/mol. The molecule has 1 aromatic carbocycles. The van der Waals surface area contributed by atoms with Crippen LogP contribution in [0.2, 0.25) is 0 Å². The number of likely N-dealkylation sites (tertiary alicyclic amines) is 1. The Morgan fingerprint density at radius 1 is 1.43 bits per heavy atom. The van der Waals surface area contributed by atoms with Crippen LogP contribution in [0, 0.1) is 6.07 Å². The molecule has 1 unspecified atom stereocenters. The van der Waals surface area contributed by atoms with Crippen molar-refractivity contribution in [2.24, 2.45) is 0 Å². The number of carbonyl (C=O) groups is 1. The van der Waals surface area contributed by atoms with E-state index in [-0.39, 0.29) is 12.1 Å². The molecule has 3 rings (SSSR count). The fraction of sp³-hybridized carbons (Fsp3) is 0.412. The van der Waals surface area contributed by atoms with Gasteiger partial charge in [0.2, 0.25) is 0 Å². The van der Waals surface area contributed by atoms with Gasteiger partial charge in [0.15, 0.2) is 0 Å². The molecular formula is C17H19N2O2. The van der Waals surface area contributed by atoms with Crippen LogP contribution in [0.15, 0.2) is 30.5 Å². The molecule has 0 bridgehead atoms. The van der Waals surface area contributed by atoms with E-state index in [2.05, 4.69) is 11.1 Å². The number of fused-ring (bicyclic) bond motifs is 1. The third-order valence-electron chi connectivity index (χ3n) is 3.58. The maximum atomic E-state index is 12.2. The van der Waals surface area contributed by atoms with Crippen LogP contribution in [0.3, 0.4) is 0 Å². The van der Waals surface area contributed by atoms with Crippen molar-refractivity contribution in [1.29, 1.82) is 0 Å². The average Bonchev–Trinajstić information content (AvgIpc) is 2.35. The van der Waals surface area contributed by atoms with E-state index >= 15 is 0 Å². The third-order valence-corrected chi connectivity index (χ3v) is 3.58. The number of rotatable bonds is 1. The summed E-state index contributed by atoms with van der Waals surface area (Å²) in [7, 11) is 0. The van der Waals surface area contributed by atoms with Gasteiger partial charge in [-0.2, -0.15) is 0 Å². The maximum absolute atomic E-state index is 12.2. The first-order chi connectivity index (χ1) is 9.96. The van der Waals surface area contributed by atoms with Gasteiger partial charge in [0.05, 0.1) is 11.7 Å². The minimum Gasteiger partial charge on any atom is -0.444 e. The molecule has 1 fully saturated rings. The molecule has 1 radical (unpaired) electrons. The van der Waals surface area contributed by atoms with Gasteiger partial charge >= 0.3 is 6.09 Å². The summed E-state index contributed by atoms with van der Waals surface area (Å²) in [5.74, 6) is 0. The zero-order valence-electron chi connectivity index (χ0n) is 12.6. The summed E-state index contributed by atoms with van der Waals surface area (Å²) in [4.78, 5) is 18.5. The van der Waals surface area contributed by atoms with Crippen LogP contribution in [0.5, 0.6) is 0 Å². The molecule has 0 aliphatic carbocycles. The lowest BCUT2D eigenvalue weighted by Gasteiger charge is -2.41. The number of carbonyl (C=O) groups excluding carboxylic acids is 1. The Labute approximate surface area is 124 Å². The molecule has 1 aliphatic rings. The van der Waals surface area contributed by atoms with Crippen molar-refractivity contribution in [2.75, 3.05) is 6.54 Å². The summed E-state index contributed by atoms with van der Waals surface area (Å²) in [6, 6.07) is 11.0. The zero-order valence-corrected chi connectivity index (χ0v) is 12.6. The standard InChI is InChI=1S/C17H19N2O2/c1-17(2,3)21-16(20)19-11-9-14(19)15-13-7-5-4-6-12(13)8-10-18-15/h4-5,7-8,10,14H,9,11H2,1-3H3. The number of hydrogen-bond donors (Lipinski definition) is 0. The van der Waals surface area contributed by atoms with E-state index < -0.39 is 5.60 Å². The van der Waals surface area contributed by atoms with Gasteiger partial charge in [0.25, 0.3) is 0 Å². The molecule has 1 aromatic heterocycles. The van der Waals surface area contributed by atoms with Gasteiger partial charge < -0.3 is 4.74 Å². The molecule has 1 atom stereocenters. The number of pyridine rings is 1. The molecule has 4 nitrogen and oxygen atoms in total. The molecule has 1 saturated heterocycles. The van der Waals surface area contributed by atoms with E-state index in [1.165, 1.54) is 0 Å². The van der Waals surface area contributed by atoms with Gasteiger partial charge in [0.1, 0.15) is 5.60 Å². The van der Waals surface area contributed by atoms with Gasteiger partial charge in [-0.25, -0.2) is 4.79 Å². The van der Waals surface area contributed by atoms with Crippen molar-refractivity contribution in [3.63, 3.8) is 0 Å². The van der Waals surface area contributed by atoms with E-state index in [0.29, 0.717) is 6.54 Å². The fourth-order valence-electron chi connectivity index (χ4n) is 2.55. The van der Waals surface area contributed by atoms with Crippen LogP contribution in [0.25, 0.3) is 10.8 Å². The molecule has 2 aromatic rings. The lowest BCUT2D eigenvalue weighted by molar-refractivity contribution is -0.00622. The molecule has 109 valence electrons. The van der Waals surface area contributed by atoms with Gasteiger partial charge in [-0.15, -0.1) is 0 Å². The number of nitrogens with zero attached hydrogens (tertiary/aromatic N) is 2. The second-order valence-electron chi connectivity index (χ2n) is 6.31.